The van der Waals surface area contributed by atoms with Gasteiger partial charge in [-0.3, -0.25) is 4.68 Å². The molecule has 7 nitrogen and oxygen atoms in total. The second kappa shape index (κ2) is 13.2. The molecule has 1 fully saturated rings. The zero-order chi connectivity index (χ0) is 23.1. The van der Waals surface area contributed by atoms with E-state index in [1.807, 2.05) is 11.7 Å². The van der Waals surface area contributed by atoms with Gasteiger partial charge in [0.15, 0.2) is 5.96 Å². The first-order valence-corrected chi connectivity index (χ1v) is 11.9. The molecule has 0 bridgehead atoms. The molecule has 0 saturated carbocycles. The number of aryl methyl sites for hydroxylation is 1. The van der Waals surface area contributed by atoms with Crippen LogP contribution in [0, 0.1) is 5.92 Å². The van der Waals surface area contributed by atoms with Crippen molar-refractivity contribution in [3.63, 3.8) is 0 Å². The van der Waals surface area contributed by atoms with E-state index < -0.39 is 0 Å². The lowest BCUT2D eigenvalue weighted by Gasteiger charge is -2.32. The minimum absolute atomic E-state index is 0. The van der Waals surface area contributed by atoms with Crippen molar-refractivity contribution >= 4 is 35.6 Å². The van der Waals surface area contributed by atoms with Gasteiger partial charge in [-0.2, -0.15) is 5.10 Å². The van der Waals surface area contributed by atoms with Crippen LogP contribution in [0.15, 0.2) is 35.5 Å². The number of piperidine rings is 1. The average Bonchev–Trinajstić information content (AvgIpc) is 3.17. The van der Waals surface area contributed by atoms with Gasteiger partial charge in [0.05, 0.1) is 12.2 Å². The van der Waals surface area contributed by atoms with E-state index in [-0.39, 0.29) is 24.0 Å². The second-order valence-electron chi connectivity index (χ2n) is 9.17. The summed E-state index contributed by atoms with van der Waals surface area (Å²) >= 11 is 0. The minimum atomic E-state index is 0. The molecule has 1 saturated heterocycles. The molecule has 184 valence electrons. The average molecular weight is 569 g/mol. The Hall–Kier alpha value is -1.81. The molecule has 2 N–H and O–H groups in total. The van der Waals surface area contributed by atoms with Gasteiger partial charge in [0, 0.05) is 64.3 Å². The quantitative estimate of drug-likeness (QED) is 0.287. The number of aliphatic hydroxyl groups excluding tert-OH is 1. The van der Waals surface area contributed by atoms with Crippen LogP contribution in [0.1, 0.15) is 56.4 Å². The zero-order valence-corrected chi connectivity index (χ0v) is 23.1. The van der Waals surface area contributed by atoms with Crippen molar-refractivity contribution in [3.8, 4) is 0 Å². The Morgan fingerprint density at radius 3 is 2.48 bits per heavy atom. The molecule has 3 rings (SSSR count). The maximum Gasteiger partial charge on any atom is 0.194 e. The summed E-state index contributed by atoms with van der Waals surface area (Å²) in [5, 5.41) is 17.4. The monoisotopic (exact) mass is 568 g/mol. The molecule has 1 aromatic carbocycles. The fraction of sp³-hybridized carbons (Fsp3) is 0.600. The molecular weight excluding hydrogens is 527 g/mol. The van der Waals surface area contributed by atoms with Crippen LogP contribution in [0.3, 0.4) is 0 Å². The Morgan fingerprint density at radius 2 is 1.91 bits per heavy atom. The predicted molar refractivity (Wildman–Crippen MR) is 147 cm³/mol. The Kier molecular flexibility index (Phi) is 11.0. The lowest BCUT2D eigenvalue weighted by atomic mass is 9.97. The number of nitrogens with one attached hydrogen (secondary N) is 1. The summed E-state index contributed by atoms with van der Waals surface area (Å²) in [7, 11) is 4.06. The number of hydrogen-bond acceptors (Lipinski definition) is 4. The number of aromatic nitrogens is 2. The molecule has 0 spiro atoms. The van der Waals surface area contributed by atoms with Crippen LogP contribution in [0.2, 0.25) is 0 Å². The van der Waals surface area contributed by atoms with Crippen LogP contribution in [0.5, 0.6) is 0 Å². The number of aliphatic hydroxyl groups is 1. The van der Waals surface area contributed by atoms with Gasteiger partial charge in [-0.05, 0) is 49.3 Å². The fourth-order valence-electron chi connectivity index (χ4n) is 4.31. The largest absolute Gasteiger partial charge is 0.396 e. The number of anilines is 1. The van der Waals surface area contributed by atoms with Crippen molar-refractivity contribution in [2.75, 3.05) is 38.2 Å². The highest BCUT2D eigenvalue weighted by Crippen LogP contribution is 2.23. The number of guanidine groups is 1. The van der Waals surface area contributed by atoms with Gasteiger partial charge in [0.1, 0.15) is 0 Å². The van der Waals surface area contributed by atoms with E-state index in [1.54, 1.807) is 0 Å². The highest BCUT2D eigenvalue weighted by atomic mass is 127. The van der Waals surface area contributed by atoms with Crippen molar-refractivity contribution in [2.45, 2.75) is 52.6 Å². The number of benzene rings is 1. The van der Waals surface area contributed by atoms with E-state index in [0.717, 1.165) is 50.7 Å². The molecule has 1 aromatic heterocycles. The Morgan fingerprint density at radius 1 is 1.24 bits per heavy atom. The molecule has 2 heterocycles. The first kappa shape index (κ1) is 27.4. The summed E-state index contributed by atoms with van der Waals surface area (Å²) in [6.45, 7) is 11.1. The SMILES string of the molecule is CCNC(=NCc1ccc(N2CCC(CO)CC2)cc1)N(C)Cc1cn(C)nc1C(C)C.I. The molecule has 0 aliphatic carbocycles. The topological polar surface area (TPSA) is 68.9 Å². The molecule has 0 radical (unpaired) electrons. The van der Waals surface area contributed by atoms with E-state index in [1.165, 1.54) is 16.8 Å². The summed E-state index contributed by atoms with van der Waals surface area (Å²) in [5.41, 5.74) is 4.85. The smallest absolute Gasteiger partial charge is 0.194 e. The van der Waals surface area contributed by atoms with E-state index >= 15 is 0 Å². The Bertz CT molecular complexity index is 872. The zero-order valence-electron chi connectivity index (χ0n) is 20.8. The summed E-state index contributed by atoms with van der Waals surface area (Å²) in [5.74, 6) is 1.76. The molecule has 0 unspecified atom stereocenters. The molecule has 1 aliphatic heterocycles. The van der Waals surface area contributed by atoms with Crippen molar-refractivity contribution in [3.05, 3.63) is 47.3 Å². The first-order chi connectivity index (χ1) is 15.4. The third-order valence-corrected chi connectivity index (χ3v) is 6.17. The molecule has 1 aliphatic rings. The van der Waals surface area contributed by atoms with E-state index in [2.05, 4.69) is 78.5 Å². The van der Waals surface area contributed by atoms with Crippen LogP contribution in [-0.2, 0) is 20.1 Å². The van der Waals surface area contributed by atoms with Crippen molar-refractivity contribution in [1.29, 1.82) is 0 Å². The molecule has 0 atom stereocenters. The van der Waals surface area contributed by atoms with Gasteiger partial charge in [0.25, 0.3) is 0 Å². The van der Waals surface area contributed by atoms with Crippen molar-refractivity contribution in [1.82, 2.24) is 20.0 Å². The number of nitrogens with zero attached hydrogens (tertiary/aromatic N) is 5. The predicted octanol–water partition coefficient (Wildman–Crippen LogP) is 3.97. The minimum Gasteiger partial charge on any atom is -0.396 e. The highest BCUT2D eigenvalue weighted by molar-refractivity contribution is 14.0. The number of halogens is 1. The standard InChI is InChI=1S/C25H40N6O.HI/c1-6-26-25(29(4)16-22-17-30(5)28-24(22)19(2)3)27-15-20-7-9-23(10-8-20)31-13-11-21(18-32)12-14-31;/h7-10,17,19,21,32H,6,11-16,18H2,1-5H3,(H,26,27);1H. The number of aliphatic imine (C=N–C) groups is 1. The molecule has 8 heteroatoms. The van der Waals surface area contributed by atoms with Crippen LogP contribution < -0.4 is 10.2 Å². The molecule has 33 heavy (non-hydrogen) atoms. The normalized spacial score (nSPS) is 15.0. The van der Waals surface area contributed by atoms with E-state index in [4.69, 9.17) is 4.99 Å². The summed E-state index contributed by atoms with van der Waals surface area (Å²) in [6, 6.07) is 8.76. The summed E-state index contributed by atoms with van der Waals surface area (Å²) in [4.78, 5) is 9.47. The summed E-state index contributed by atoms with van der Waals surface area (Å²) < 4.78 is 1.90. The van der Waals surface area contributed by atoms with Gasteiger partial charge in [-0.1, -0.05) is 26.0 Å². The Labute approximate surface area is 216 Å². The second-order valence-corrected chi connectivity index (χ2v) is 9.17. The number of rotatable bonds is 8. The van der Waals surface area contributed by atoms with Gasteiger partial charge in [-0.15, -0.1) is 24.0 Å². The molecule has 2 aromatic rings. The van der Waals surface area contributed by atoms with Crippen LogP contribution in [0.4, 0.5) is 5.69 Å². The van der Waals surface area contributed by atoms with Crippen LogP contribution in [-0.4, -0.2) is 59.0 Å². The molecular formula is C25H41IN6O. The van der Waals surface area contributed by atoms with E-state index in [0.29, 0.717) is 25.0 Å². The lowest BCUT2D eigenvalue weighted by Crippen LogP contribution is -2.38. The maximum atomic E-state index is 9.34. The fourth-order valence-corrected chi connectivity index (χ4v) is 4.31. The Balaban J connectivity index is 0.00000385. The third kappa shape index (κ3) is 7.60. The lowest BCUT2D eigenvalue weighted by molar-refractivity contribution is 0.203. The highest BCUT2D eigenvalue weighted by Gasteiger charge is 2.19. The van der Waals surface area contributed by atoms with Crippen LogP contribution >= 0.6 is 24.0 Å². The van der Waals surface area contributed by atoms with Crippen molar-refractivity contribution in [2.24, 2.45) is 18.0 Å². The van der Waals surface area contributed by atoms with Crippen molar-refractivity contribution < 1.29 is 5.11 Å². The number of hydrogen-bond donors (Lipinski definition) is 2. The third-order valence-electron chi connectivity index (χ3n) is 6.17. The molecule has 0 amide bonds. The maximum absolute atomic E-state index is 9.34. The van der Waals surface area contributed by atoms with Gasteiger partial charge >= 0.3 is 0 Å². The van der Waals surface area contributed by atoms with Gasteiger partial charge < -0.3 is 20.2 Å². The van der Waals surface area contributed by atoms with Crippen LogP contribution in [0.25, 0.3) is 0 Å². The first-order valence-electron chi connectivity index (χ1n) is 11.9. The van der Waals surface area contributed by atoms with Gasteiger partial charge in [-0.25, -0.2) is 4.99 Å². The van der Waals surface area contributed by atoms with E-state index in [9.17, 15) is 5.11 Å². The summed E-state index contributed by atoms with van der Waals surface area (Å²) in [6.07, 6.45) is 4.24. The van der Waals surface area contributed by atoms with Gasteiger partial charge in [0.2, 0.25) is 0 Å².